The SMILES string of the molecule is CCC(CC)c1coc(=O)c(C(CC)c2ccccc2)c1O. The summed E-state index contributed by atoms with van der Waals surface area (Å²) in [5.74, 6) is 0.170. The maximum absolute atomic E-state index is 12.2. The minimum atomic E-state index is -0.442. The molecule has 0 saturated carbocycles. The molecule has 3 nitrogen and oxygen atoms in total. The lowest BCUT2D eigenvalue weighted by Gasteiger charge is -2.20. The van der Waals surface area contributed by atoms with Gasteiger partial charge in [0.05, 0.1) is 5.56 Å². The highest BCUT2D eigenvalue weighted by Crippen LogP contribution is 2.37. The van der Waals surface area contributed by atoms with E-state index in [2.05, 4.69) is 13.8 Å². The topological polar surface area (TPSA) is 50.4 Å². The van der Waals surface area contributed by atoms with Crippen molar-refractivity contribution in [3.05, 3.63) is 63.7 Å². The molecule has 2 rings (SSSR count). The van der Waals surface area contributed by atoms with Crippen LogP contribution in [0.2, 0.25) is 0 Å². The van der Waals surface area contributed by atoms with Crippen LogP contribution in [0.1, 0.15) is 68.6 Å². The molecule has 0 aliphatic carbocycles. The first-order valence-corrected chi connectivity index (χ1v) is 8.03. The summed E-state index contributed by atoms with van der Waals surface area (Å²) in [5.41, 5.74) is 1.71. The van der Waals surface area contributed by atoms with E-state index >= 15 is 0 Å². The Kier molecular flexibility index (Phi) is 5.42. The van der Waals surface area contributed by atoms with Crippen LogP contribution in [-0.4, -0.2) is 5.11 Å². The summed E-state index contributed by atoms with van der Waals surface area (Å²) in [6.07, 6.45) is 3.96. The van der Waals surface area contributed by atoms with E-state index < -0.39 is 5.63 Å². The van der Waals surface area contributed by atoms with Crippen molar-refractivity contribution in [2.24, 2.45) is 0 Å². The van der Waals surface area contributed by atoms with E-state index in [0.717, 1.165) is 30.4 Å². The van der Waals surface area contributed by atoms with Crippen LogP contribution in [0.3, 0.4) is 0 Å². The minimum Gasteiger partial charge on any atom is -0.507 e. The van der Waals surface area contributed by atoms with Crippen molar-refractivity contribution in [2.75, 3.05) is 0 Å². The summed E-state index contributed by atoms with van der Waals surface area (Å²) in [4.78, 5) is 12.2. The summed E-state index contributed by atoms with van der Waals surface area (Å²) in [5, 5.41) is 10.7. The highest BCUT2D eigenvalue weighted by atomic mass is 16.4. The van der Waals surface area contributed by atoms with Gasteiger partial charge in [0.15, 0.2) is 0 Å². The first-order valence-electron chi connectivity index (χ1n) is 8.03. The molecular weight excluding hydrogens is 276 g/mol. The maximum Gasteiger partial charge on any atom is 0.343 e. The van der Waals surface area contributed by atoms with Gasteiger partial charge in [0.2, 0.25) is 0 Å². The number of hydrogen-bond donors (Lipinski definition) is 1. The molecule has 118 valence electrons. The molecule has 1 atom stereocenters. The van der Waals surface area contributed by atoms with Crippen LogP contribution in [0.4, 0.5) is 0 Å². The van der Waals surface area contributed by atoms with Gasteiger partial charge < -0.3 is 9.52 Å². The van der Waals surface area contributed by atoms with E-state index in [0.29, 0.717) is 5.56 Å². The molecule has 1 aromatic heterocycles. The molecule has 0 aliphatic rings. The first-order chi connectivity index (χ1) is 10.6. The van der Waals surface area contributed by atoms with E-state index in [4.69, 9.17) is 4.42 Å². The summed E-state index contributed by atoms with van der Waals surface area (Å²) in [6, 6.07) is 9.80. The fourth-order valence-corrected chi connectivity index (χ4v) is 3.11. The Morgan fingerprint density at radius 1 is 1.05 bits per heavy atom. The second-order valence-electron chi connectivity index (χ2n) is 5.63. The van der Waals surface area contributed by atoms with Crippen molar-refractivity contribution >= 4 is 0 Å². The third-order valence-corrected chi connectivity index (χ3v) is 4.43. The van der Waals surface area contributed by atoms with Crippen LogP contribution in [0, 0.1) is 0 Å². The second-order valence-corrected chi connectivity index (χ2v) is 5.63. The highest BCUT2D eigenvalue weighted by molar-refractivity contribution is 5.44. The molecule has 3 heteroatoms. The molecular formula is C19H24O3. The van der Waals surface area contributed by atoms with Crippen molar-refractivity contribution < 1.29 is 9.52 Å². The highest BCUT2D eigenvalue weighted by Gasteiger charge is 2.25. The monoisotopic (exact) mass is 300 g/mol. The largest absolute Gasteiger partial charge is 0.507 e. The van der Waals surface area contributed by atoms with Gasteiger partial charge >= 0.3 is 5.63 Å². The molecule has 1 N–H and O–H groups in total. The zero-order valence-electron chi connectivity index (χ0n) is 13.5. The summed E-state index contributed by atoms with van der Waals surface area (Å²) in [6.45, 7) is 6.17. The van der Waals surface area contributed by atoms with Gasteiger partial charge in [-0.3, -0.25) is 0 Å². The predicted molar refractivity (Wildman–Crippen MR) is 88.5 cm³/mol. The van der Waals surface area contributed by atoms with Crippen molar-refractivity contribution in [3.8, 4) is 5.75 Å². The number of hydrogen-bond acceptors (Lipinski definition) is 3. The van der Waals surface area contributed by atoms with Gasteiger partial charge in [0.1, 0.15) is 12.0 Å². The smallest absolute Gasteiger partial charge is 0.343 e. The van der Waals surface area contributed by atoms with E-state index in [1.165, 1.54) is 6.26 Å². The lowest BCUT2D eigenvalue weighted by Crippen LogP contribution is -2.15. The molecule has 0 amide bonds. The number of aromatic hydroxyl groups is 1. The lowest BCUT2D eigenvalue weighted by atomic mass is 9.86. The molecule has 0 aliphatic heterocycles. The Morgan fingerprint density at radius 3 is 2.23 bits per heavy atom. The third kappa shape index (κ3) is 3.08. The molecule has 0 radical (unpaired) electrons. The fourth-order valence-electron chi connectivity index (χ4n) is 3.11. The van der Waals surface area contributed by atoms with Crippen LogP contribution in [0.5, 0.6) is 5.75 Å². The van der Waals surface area contributed by atoms with E-state index in [1.807, 2.05) is 37.3 Å². The molecule has 0 spiro atoms. The number of rotatable bonds is 6. The van der Waals surface area contributed by atoms with Crippen molar-refractivity contribution in [1.29, 1.82) is 0 Å². The third-order valence-electron chi connectivity index (χ3n) is 4.43. The normalized spacial score (nSPS) is 12.5. The summed E-state index contributed by atoms with van der Waals surface area (Å²) < 4.78 is 5.24. The quantitative estimate of drug-likeness (QED) is 0.834. The number of benzene rings is 1. The Labute approximate surface area is 131 Å². The van der Waals surface area contributed by atoms with Crippen LogP contribution in [0.15, 0.2) is 45.8 Å². The van der Waals surface area contributed by atoms with Gasteiger partial charge in [-0.2, -0.15) is 0 Å². The van der Waals surface area contributed by atoms with Gasteiger partial charge in [0.25, 0.3) is 0 Å². The Morgan fingerprint density at radius 2 is 1.68 bits per heavy atom. The van der Waals surface area contributed by atoms with Gasteiger partial charge in [-0.05, 0) is 30.7 Å². The molecule has 1 unspecified atom stereocenters. The van der Waals surface area contributed by atoms with Crippen LogP contribution >= 0.6 is 0 Å². The van der Waals surface area contributed by atoms with E-state index in [-0.39, 0.29) is 17.6 Å². The average molecular weight is 300 g/mol. The molecule has 0 fully saturated rings. The standard InChI is InChI=1S/C19H24O3/c1-4-13(5-2)16-12-22-19(21)17(18(16)20)15(6-3)14-10-8-7-9-11-14/h7-13,15,20H,4-6H2,1-3H3. The van der Waals surface area contributed by atoms with Crippen LogP contribution in [0.25, 0.3) is 0 Å². The second kappa shape index (κ2) is 7.30. The zero-order chi connectivity index (χ0) is 16.1. The summed E-state index contributed by atoms with van der Waals surface area (Å²) >= 11 is 0. The molecule has 2 aromatic rings. The first kappa shape index (κ1) is 16.3. The lowest BCUT2D eigenvalue weighted by molar-refractivity contribution is 0.407. The Balaban J connectivity index is 2.58. The van der Waals surface area contributed by atoms with Crippen molar-refractivity contribution in [1.82, 2.24) is 0 Å². The molecule has 1 aromatic carbocycles. The molecule has 0 bridgehead atoms. The van der Waals surface area contributed by atoms with Crippen molar-refractivity contribution in [3.63, 3.8) is 0 Å². The zero-order valence-corrected chi connectivity index (χ0v) is 13.5. The van der Waals surface area contributed by atoms with Gasteiger partial charge in [-0.1, -0.05) is 51.1 Å². The Hall–Kier alpha value is -2.03. The molecule has 0 saturated heterocycles. The van der Waals surface area contributed by atoms with Crippen LogP contribution < -0.4 is 5.63 Å². The minimum absolute atomic E-state index is 0.112. The molecule has 1 heterocycles. The average Bonchev–Trinajstić information content (AvgIpc) is 2.55. The van der Waals surface area contributed by atoms with Gasteiger partial charge in [-0.15, -0.1) is 0 Å². The van der Waals surface area contributed by atoms with Crippen molar-refractivity contribution in [2.45, 2.75) is 51.9 Å². The van der Waals surface area contributed by atoms with E-state index in [1.54, 1.807) is 0 Å². The van der Waals surface area contributed by atoms with Gasteiger partial charge in [0, 0.05) is 11.5 Å². The maximum atomic E-state index is 12.2. The fraction of sp³-hybridized carbons (Fsp3) is 0.421. The Bertz CT molecular complexity index is 654. The summed E-state index contributed by atoms with van der Waals surface area (Å²) in [7, 11) is 0. The van der Waals surface area contributed by atoms with Crippen LogP contribution in [-0.2, 0) is 0 Å². The molecule has 22 heavy (non-hydrogen) atoms. The van der Waals surface area contributed by atoms with Gasteiger partial charge in [-0.25, -0.2) is 4.79 Å². The van der Waals surface area contributed by atoms with E-state index in [9.17, 15) is 9.90 Å². The predicted octanol–water partition coefficient (Wildman–Crippen LogP) is 4.79.